The molecule has 29 heavy (non-hydrogen) atoms. The highest BCUT2D eigenvalue weighted by Crippen LogP contribution is 2.27. The van der Waals surface area contributed by atoms with E-state index in [9.17, 15) is 18.5 Å². The number of nitrogens with zero attached hydrogens (tertiary/aromatic N) is 3. The summed E-state index contributed by atoms with van der Waals surface area (Å²) in [6.45, 7) is 4.05. The number of aryl methyl sites for hydroxylation is 1. The summed E-state index contributed by atoms with van der Waals surface area (Å²) in [5.74, 6) is -0.198. The topological polar surface area (TPSA) is 105 Å². The van der Waals surface area contributed by atoms with E-state index in [1.165, 1.54) is 6.08 Å². The molecule has 1 fully saturated rings. The number of carbonyl (C=O) groups excluding carboxylic acids is 1. The molecule has 2 aromatic rings. The first-order valence-corrected chi connectivity index (χ1v) is 11.3. The number of nitriles is 1. The minimum atomic E-state index is -3.03. The van der Waals surface area contributed by atoms with Crippen LogP contribution >= 0.6 is 0 Å². The third-order valence-corrected chi connectivity index (χ3v) is 6.88. The van der Waals surface area contributed by atoms with Gasteiger partial charge in [-0.05, 0) is 38.3 Å². The molecule has 0 saturated carbocycles. The maximum atomic E-state index is 12.4. The molecule has 8 heteroatoms. The van der Waals surface area contributed by atoms with Crippen LogP contribution in [0.2, 0.25) is 0 Å². The van der Waals surface area contributed by atoms with E-state index in [2.05, 4.69) is 10.4 Å². The molecular formula is C21H24N4O3S. The van der Waals surface area contributed by atoms with E-state index in [0.29, 0.717) is 30.6 Å². The summed E-state index contributed by atoms with van der Waals surface area (Å²) in [7, 11) is -3.03. The Bertz CT molecular complexity index is 1080. The quantitative estimate of drug-likeness (QED) is 0.578. The molecule has 1 aromatic carbocycles. The van der Waals surface area contributed by atoms with E-state index in [1.54, 1.807) is 11.6 Å². The third kappa shape index (κ3) is 4.93. The predicted octanol–water partition coefficient (Wildman–Crippen LogP) is 2.13. The van der Waals surface area contributed by atoms with Gasteiger partial charge >= 0.3 is 0 Å². The summed E-state index contributed by atoms with van der Waals surface area (Å²) in [6.07, 6.45) is 2.74. The fourth-order valence-electron chi connectivity index (χ4n) is 3.56. The lowest BCUT2D eigenvalue weighted by molar-refractivity contribution is -0.117. The molecule has 0 aliphatic carbocycles. The van der Waals surface area contributed by atoms with Crippen LogP contribution in [0.1, 0.15) is 35.0 Å². The molecule has 1 amide bonds. The minimum Gasteiger partial charge on any atom is -0.351 e. The van der Waals surface area contributed by atoms with Crippen molar-refractivity contribution in [3.8, 4) is 6.07 Å². The first-order valence-electron chi connectivity index (χ1n) is 9.51. The molecule has 3 rings (SSSR count). The Kier molecular flexibility index (Phi) is 6.18. The number of benzene rings is 1. The van der Waals surface area contributed by atoms with Crippen LogP contribution in [0.3, 0.4) is 0 Å². The monoisotopic (exact) mass is 412 g/mol. The van der Waals surface area contributed by atoms with Crippen LogP contribution < -0.4 is 5.32 Å². The second-order valence-electron chi connectivity index (χ2n) is 7.25. The fourth-order valence-corrected chi connectivity index (χ4v) is 5.25. The van der Waals surface area contributed by atoms with Gasteiger partial charge in [-0.2, -0.15) is 10.4 Å². The summed E-state index contributed by atoms with van der Waals surface area (Å²) in [5, 5.41) is 16.7. The van der Waals surface area contributed by atoms with Gasteiger partial charge in [-0.1, -0.05) is 30.3 Å². The van der Waals surface area contributed by atoms with E-state index in [1.807, 2.05) is 43.3 Å². The summed E-state index contributed by atoms with van der Waals surface area (Å²) in [5.41, 5.74) is 3.22. The van der Waals surface area contributed by atoms with Crippen molar-refractivity contribution in [2.45, 2.75) is 32.7 Å². The molecule has 2 heterocycles. The number of hydrogen-bond acceptors (Lipinski definition) is 5. The van der Waals surface area contributed by atoms with Crippen LogP contribution in [0.15, 0.2) is 35.9 Å². The van der Waals surface area contributed by atoms with Crippen molar-refractivity contribution in [3.63, 3.8) is 0 Å². The summed E-state index contributed by atoms with van der Waals surface area (Å²) < 4.78 is 25.3. The van der Waals surface area contributed by atoms with Crippen molar-refractivity contribution in [1.29, 1.82) is 5.26 Å². The number of amides is 1. The van der Waals surface area contributed by atoms with E-state index in [-0.39, 0.29) is 23.1 Å². The Morgan fingerprint density at radius 2 is 2.07 bits per heavy atom. The zero-order valence-corrected chi connectivity index (χ0v) is 17.4. The minimum absolute atomic E-state index is 0.00264. The molecule has 0 unspecified atom stereocenters. The first-order chi connectivity index (χ1) is 13.8. The maximum absolute atomic E-state index is 12.4. The largest absolute Gasteiger partial charge is 0.351 e. The molecule has 1 N–H and O–H groups in total. The van der Waals surface area contributed by atoms with E-state index in [0.717, 1.165) is 11.3 Å². The van der Waals surface area contributed by atoms with Gasteiger partial charge in [0, 0.05) is 17.8 Å². The number of rotatable bonds is 6. The average Bonchev–Trinajstić information content (AvgIpc) is 3.19. The lowest BCUT2D eigenvalue weighted by Gasteiger charge is -2.11. The third-order valence-electron chi connectivity index (χ3n) is 5.13. The number of aromatic nitrogens is 2. The van der Waals surface area contributed by atoms with Crippen LogP contribution in [0.25, 0.3) is 6.08 Å². The van der Waals surface area contributed by atoms with Crippen molar-refractivity contribution < 1.29 is 13.2 Å². The van der Waals surface area contributed by atoms with Crippen molar-refractivity contribution >= 4 is 21.8 Å². The fraction of sp³-hybridized carbons (Fsp3) is 0.381. The van der Waals surface area contributed by atoms with Crippen LogP contribution in [0.5, 0.6) is 0 Å². The second-order valence-corrected chi connectivity index (χ2v) is 9.48. The molecule has 1 aliphatic heterocycles. The van der Waals surface area contributed by atoms with Crippen LogP contribution in [0.4, 0.5) is 0 Å². The van der Waals surface area contributed by atoms with Gasteiger partial charge in [-0.3, -0.25) is 9.48 Å². The molecule has 152 valence electrons. The zero-order valence-electron chi connectivity index (χ0n) is 16.6. The summed E-state index contributed by atoms with van der Waals surface area (Å²) in [6, 6.07) is 11.5. The van der Waals surface area contributed by atoms with Gasteiger partial charge in [0.05, 0.1) is 23.2 Å². The molecule has 1 aromatic heterocycles. The highest BCUT2D eigenvalue weighted by Gasteiger charge is 2.31. The van der Waals surface area contributed by atoms with E-state index >= 15 is 0 Å². The number of sulfone groups is 1. The Labute approximate surface area is 171 Å². The molecule has 0 radical (unpaired) electrons. The van der Waals surface area contributed by atoms with E-state index in [4.69, 9.17) is 0 Å². The summed E-state index contributed by atoms with van der Waals surface area (Å²) >= 11 is 0. The number of carbonyl (C=O) groups is 1. The van der Waals surface area contributed by atoms with Gasteiger partial charge in [-0.25, -0.2) is 8.42 Å². The zero-order chi connectivity index (χ0) is 21.0. The Morgan fingerprint density at radius 3 is 2.69 bits per heavy atom. The highest BCUT2D eigenvalue weighted by molar-refractivity contribution is 7.91. The SMILES string of the molecule is Cc1nn([C@H]2CCS(=O)(=O)C2)c(C)c1/C=C(\C#N)C(=O)NCCc1ccccc1. The standard InChI is InChI=1S/C21H24N4O3S/c1-15-20(16(2)25(24-15)19-9-11-29(27,28)14-19)12-18(13-22)21(26)23-10-8-17-6-4-3-5-7-17/h3-7,12,19H,8-11,14H2,1-2H3,(H,23,26)/b18-12+/t19-/m0/s1. The van der Waals surface area contributed by atoms with Crippen LogP contribution in [-0.4, -0.2) is 42.2 Å². The van der Waals surface area contributed by atoms with Gasteiger partial charge in [0.15, 0.2) is 9.84 Å². The Morgan fingerprint density at radius 1 is 1.34 bits per heavy atom. The molecule has 1 saturated heterocycles. The van der Waals surface area contributed by atoms with Crippen molar-refractivity contribution in [2.24, 2.45) is 0 Å². The number of hydrogen-bond donors (Lipinski definition) is 1. The van der Waals surface area contributed by atoms with Crippen LogP contribution in [-0.2, 0) is 21.1 Å². The molecule has 1 aliphatic rings. The van der Waals surface area contributed by atoms with Gasteiger partial charge in [-0.15, -0.1) is 0 Å². The lowest BCUT2D eigenvalue weighted by Crippen LogP contribution is -2.26. The maximum Gasteiger partial charge on any atom is 0.261 e. The lowest BCUT2D eigenvalue weighted by atomic mass is 10.1. The molecule has 1 atom stereocenters. The Balaban J connectivity index is 1.73. The van der Waals surface area contributed by atoms with Crippen molar-refractivity contribution in [1.82, 2.24) is 15.1 Å². The highest BCUT2D eigenvalue weighted by atomic mass is 32.2. The molecule has 7 nitrogen and oxygen atoms in total. The van der Waals surface area contributed by atoms with Gasteiger partial charge in [0.25, 0.3) is 5.91 Å². The first kappa shape index (κ1) is 20.8. The average molecular weight is 413 g/mol. The summed E-state index contributed by atoms with van der Waals surface area (Å²) in [4.78, 5) is 12.4. The number of nitrogens with one attached hydrogen (secondary N) is 1. The van der Waals surface area contributed by atoms with Crippen LogP contribution in [0, 0.1) is 25.2 Å². The van der Waals surface area contributed by atoms with Gasteiger partial charge in [0.1, 0.15) is 11.6 Å². The van der Waals surface area contributed by atoms with Crippen molar-refractivity contribution in [3.05, 3.63) is 58.4 Å². The molecule has 0 spiro atoms. The van der Waals surface area contributed by atoms with Gasteiger partial charge in [0.2, 0.25) is 0 Å². The molecular weight excluding hydrogens is 388 g/mol. The predicted molar refractivity (Wildman–Crippen MR) is 111 cm³/mol. The van der Waals surface area contributed by atoms with E-state index < -0.39 is 15.7 Å². The Hall–Kier alpha value is -2.92. The van der Waals surface area contributed by atoms with Crippen molar-refractivity contribution in [2.75, 3.05) is 18.1 Å². The smallest absolute Gasteiger partial charge is 0.261 e. The second kappa shape index (κ2) is 8.62. The normalized spacial score (nSPS) is 18.4. The molecule has 0 bridgehead atoms. The van der Waals surface area contributed by atoms with Gasteiger partial charge < -0.3 is 5.32 Å².